The number of methoxy groups -OCH3 is 1. The third-order valence-electron chi connectivity index (χ3n) is 10.5. The van der Waals surface area contributed by atoms with Gasteiger partial charge in [-0.15, -0.1) is 0 Å². The number of Topliss-reactive ketones (excluding diaryl/α,β-unsaturated/α-hetero) is 1. The first-order chi connectivity index (χ1) is 14.8. The smallest absolute Gasteiger partial charge is 0.156 e. The van der Waals surface area contributed by atoms with Crippen molar-refractivity contribution in [2.45, 2.75) is 83.8 Å². The van der Waals surface area contributed by atoms with Gasteiger partial charge in [0.15, 0.2) is 5.78 Å². The highest BCUT2D eigenvalue weighted by molar-refractivity contribution is 5.82. The number of fused-ring (bicyclic) bond motifs is 5. The summed E-state index contributed by atoms with van der Waals surface area (Å²) in [6.45, 7) is 5.90. The molecule has 5 heteroatoms. The molecule has 0 spiro atoms. The summed E-state index contributed by atoms with van der Waals surface area (Å²) in [6.07, 6.45) is 15.5. The number of hydrogen-bond acceptors (Lipinski definition) is 4. The highest BCUT2D eigenvalue weighted by Gasteiger charge is 2.62. The normalized spacial score (nSPS) is 46.8. The van der Waals surface area contributed by atoms with Crippen LogP contribution in [0.15, 0.2) is 18.7 Å². The van der Waals surface area contributed by atoms with Gasteiger partial charge in [-0.2, -0.15) is 0 Å². The van der Waals surface area contributed by atoms with Crippen molar-refractivity contribution in [3.05, 3.63) is 18.7 Å². The van der Waals surface area contributed by atoms with Gasteiger partial charge in [0.05, 0.1) is 25.1 Å². The first kappa shape index (κ1) is 21.6. The van der Waals surface area contributed by atoms with E-state index < -0.39 is 5.60 Å². The van der Waals surface area contributed by atoms with E-state index in [4.69, 9.17) is 4.74 Å². The molecule has 4 aliphatic rings. The van der Waals surface area contributed by atoms with E-state index in [9.17, 15) is 9.90 Å². The Kier molecular flexibility index (Phi) is 5.37. The fourth-order valence-electron chi connectivity index (χ4n) is 8.92. The molecule has 1 N–H and O–H groups in total. The molecule has 0 unspecified atom stereocenters. The van der Waals surface area contributed by atoms with Crippen LogP contribution in [0.4, 0.5) is 0 Å². The molecule has 8 atom stereocenters. The first-order valence-electron chi connectivity index (χ1n) is 12.5. The minimum atomic E-state index is -0.632. The maximum Gasteiger partial charge on any atom is 0.156 e. The largest absolute Gasteiger partial charge is 0.387 e. The van der Waals surface area contributed by atoms with Crippen LogP contribution in [0.3, 0.4) is 0 Å². The molecule has 0 bridgehead atoms. The zero-order valence-corrected chi connectivity index (χ0v) is 19.6. The van der Waals surface area contributed by atoms with Crippen LogP contribution in [0, 0.1) is 40.4 Å². The predicted octanol–water partition coefficient (Wildman–Crippen LogP) is 4.49. The van der Waals surface area contributed by atoms with E-state index in [-0.39, 0.29) is 11.3 Å². The molecular formula is C26H40N2O3. The van der Waals surface area contributed by atoms with E-state index in [1.807, 2.05) is 10.8 Å². The fourth-order valence-corrected chi connectivity index (χ4v) is 8.92. The molecule has 0 aliphatic heterocycles. The Morgan fingerprint density at radius 2 is 1.90 bits per heavy atom. The quantitative estimate of drug-likeness (QED) is 0.751. The van der Waals surface area contributed by atoms with Gasteiger partial charge in [0.2, 0.25) is 0 Å². The van der Waals surface area contributed by atoms with Crippen molar-refractivity contribution in [1.82, 2.24) is 9.55 Å². The van der Waals surface area contributed by atoms with Crippen molar-refractivity contribution < 1.29 is 14.6 Å². The van der Waals surface area contributed by atoms with Crippen LogP contribution in [0.25, 0.3) is 0 Å². The maximum absolute atomic E-state index is 13.3. The predicted molar refractivity (Wildman–Crippen MR) is 119 cm³/mol. The average molecular weight is 429 g/mol. The molecule has 0 saturated heterocycles. The van der Waals surface area contributed by atoms with Gasteiger partial charge < -0.3 is 14.4 Å². The second-order valence-corrected chi connectivity index (χ2v) is 11.9. The number of aliphatic hydroxyl groups is 1. The van der Waals surface area contributed by atoms with Crippen LogP contribution in [-0.4, -0.2) is 39.8 Å². The Morgan fingerprint density at radius 1 is 1.10 bits per heavy atom. The number of rotatable bonds is 5. The van der Waals surface area contributed by atoms with Crippen molar-refractivity contribution in [3.63, 3.8) is 0 Å². The molecule has 4 aliphatic carbocycles. The zero-order valence-electron chi connectivity index (χ0n) is 19.6. The molecular weight excluding hydrogens is 388 g/mol. The Morgan fingerprint density at radius 3 is 2.65 bits per heavy atom. The van der Waals surface area contributed by atoms with Crippen molar-refractivity contribution in [2.75, 3.05) is 13.7 Å². The lowest BCUT2D eigenvalue weighted by Crippen LogP contribution is -2.56. The minimum absolute atomic E-state index is 0.160. The summed E-state index contributed by atoms with van der Waals surface area (Å²) in [5.74, 6) is 3.39. The number of imidazole rings is 1. The van der Waals surface area contributed by atoms with Gasteiger partial charge in [-0.05, 0) is 92.3 Å². The third kappa shape index (κ3) is 3.42. The summed E-state index contributed by atoms with van der Waals surface area (Å²) >= 11 is 0. The number of ketones is 1. The summed E-state index contributed by atoms with van der Waals surface area (Å²) in [5, 5.41) is 11.0. The molecule has 0 aromatic carbocycles. The van der Waals surface area contributed by atoms with Crippen LogP contribution >= 0.6 is 0 Å². The Labute approximate surface area is 187 Å². The number of hydrogen-bond donors (Lipinski definition) is 1. The summed E-state index contributed by atoms with van der Waals surface area (Å²) in [4.78, 5) is 17.4. The number of nitrogens with zero attached hydrogens (tertiary/aromatic N) is 2. The lowest BCUT2D eigenvalue weighted by Gasteiger charge is -2.62. The SMILES string of the molecule is COC[C@@]1(O)CC[C@@]2(C)[C@@H](CC[C@@H]3[C@@H]2CC[C@]2(C)[C@@H](C(=O)Cn4ccnc4)CC[C@@H]32)C1. The second kappa shape index (κ2) is 7.69. The lowest BCUT2D eigenvalue weighted by molar-refractivity contribution is -0.164. The van der Waals surface area contributed by atoms with Crippen molar-refractivity contribution in [3.8, 4) is 0 Å². The molecule has 4 fully saturated rings. The van der Waals surface area contributed by atoms with E-state index in [1.165, 1.54) is 32.1 Å². The Balaban J connectivity index is 1.33. The summed E-state index contributed by atoms with van der Waals surface area (Å²) < 4.78 is 7.29. The van der Waals surface area contributed by atoms with E-state index in [0.29, 0.717) is 36.2 Å². The molecule has 1 heterocycles. The van der Waals surface area contributed by atoms with Crippen LogP contribution in [-0.2, 0) is 16.1 Å². The molecule has 0 amide bonds. The van der Waals surface area contributed by atoms with Gasteiger partial charge in [-0.25, -0.2) is 4.98 Å². The van der Waals surface area contributed by atoms with Crippen molar-refractivity contribution >= 4 is 5.78 Å². The van der Waals surface area contributed by atoms with Gasteiger partial charge in [-0.1, -0.05) is 13.8 Å². The molecule has 5 nitrogen and oxygen atoms in total. The van der Waals surface area contributed by atoms with Gasteiger partial charge in [0.1, 0.15) is 0 Å². The monoisotopic (exact) mass is 428 g/mol. The summed E-state index contributed by atoms with van der Waals surface area (Å²) in [5.41, 5.74) is -0.135. The standard InChI is InChI=1S/C26H40N2O3/c1-24-10-11-26(30,16-31-3)14-18(24)4-5-19-20-6-7-22(25(20,2)9-8-21(19)24)23(29)15-28-13-12-27-17-28/h12-13,17-22,30H,4-11,14-16H2,1-3H3/t18-,19-,20-,21-,22+,24-,25-,26+/m0/s1. The average Bonchev–Trinajstić information content (AvgIpc) is 3.35. The summed E-state index contributed by atoms with van der Waals surface area (Å²) in [7, 11) is 1.70. The topological polar surface area (TPSA) is 64.3 Å². The zero-order chi connectivity index (χ0) is 21.9. The Hall–Kier alpha value is -1.20. The van der Waals surface area contributed by atoms with Crippen LogP contribution in [0.1, 0.15) is 71.6 Å². The van der Waals surface area contributed by atoms with E-state index in [2.05, 4.69) is 18.8 Å². The number of carbonyl (C=O) groups is 1. The van der Waals surface area contributed by atoms with E-state index in [0.717, 1.165) is 37.5 Å². The Bertz CT molecular complexity index is 810. The van der Waals surface area contributed by atoms with Crippen molar-refractivity contribution in [2.24, 2.45) is 40.4 Å². The minimum Gasteiger partial charge on any atom is -0.387 e. The third-order valence-corrected chi connectivity index (χ3v) is 10.5. The highest BCUT2D eigenvalue weighted by atomic mass is 16.5. The molecule has 0 radical (unpaired) electrons. The molecule has 172 valence electrons. The van der Waals surface area contributed by atoms with Crippen LogP contribution < -0.4 is 0 Å². The van der Waals surface area contributed by atoms with Crippen LogP contribution in [0.5, 0.6) is 0 Å². The molecule has 5 rings (SSSR count). The van der Waals surface area contributed by atoms with Gasteiger partial charge >= 0.3 is 0 Å². The lowest BCUT2D eigenvalue weighted by atomic mass is 9.44. The number of ether oxygens (including phenoxy) is 1. The van der Waals surface area contributed by atoms with E-state index >= 15 is 0 Å². The van der Waals surface area contributed by atoms with Gasteiger partial charge in [-0.3, -0.25) is 4.79 Å². The second-order valence-electron chi connectivity index (χ2n) is 11.9. The number of aromatic nitrogens is 2. The summed E-state index contributed by atoms with van der Waals surface area (Å²) in [6, 6.07) is 0. The molecule has 1 aromatic heterocycles. The van der Waals surface area contributed by atoms with Crippen LogP contribution in [0.2, 0.25) is 0 Å². The fraction of sp³-hybridized carbons (Fsp3) is 0.846. The van der Waals surface area contributed by atoms with Gasteiger partial charge in [0, 0.05) is 25.4 Å². The maximum atomic E-state index is 13.3. The number of carbonyl (C=O) groups excluding carboxylic acids is 1. The first-order valence-corrected chi connectivity index (χ1v) is 12.5. The van der Waals surface area contributed by atoms with Gasteiger partial charge in [0.25, 0.3) is 0 Å². The highest BCUT2D eigenvalue weighted by Crippen LogP contribution is 2.68. The molecule has 1 aromatic rings. The van der Waals surface area contributed by atoms with E-state index in [1.54, 1.807) is 19.6 Å². The molecule has 31 heavy (non-hydrogen) atoms. The molecule has 4 saturated carbocycles. The van der Waals surface area contributed by atoms with Crippen molar-refractivity contribution in [1.29, 1.82) is 0 Å².